The van der Waals surface area contributed by atoms with Crippen LogP contribution in [-0.4, -0.2) is 18.4 Å². The fourth-order valence-corrected chi connectivity index (χ4v) is 3.00. The van der Waals surface area contributed by atoms with Gasteiger partial charge >= 0.3 is 6.18 Å². The van der Waals surface area contributed by atoms with Crippen molar-refractivity contribution in [2.24, 2.45) is 5.92 Å². The van der Waals surface area contributed by atoms with E-state index in [1.807, 2.05) is 25.1 Å². The maximum Gasteiger partial charge on any atom is 0.418 e. The zero-order valence-corrected chi connectivity index (χ0v) is 14.0. The first kappa shape index (κ1) is 18.0. The minimum Gasteiger partial charge on any atom is -0.325 e. The molecule has 1 saturated heterocycles. The highest BCUT2D eigenvalue weighted by Crippen LogP contribution is 2.35. The predicted octanol–water partition coefficient (Wildman–Crippen LogP) is 4.01. The molecule has 2 aromatic carbocycles. The van der Waals surface area contributed by atoms with Crippen LogP contribution in [0.3, 0.4) is 0 Å². The summed E-state index contributed by atoms with van der Waals surface area (Å²) in [6, 6.07) is 12.1. The maximum absolute atomic E-state index is 13.0. The molecule has 136 valence electrons. The molecule has 1 atom stereocenters. The number of halogens is 3. The Morgan fingerprint density at radius 3 is 2.58 bits per heavy atom. The highest BCUT2D eigenvalue weighted by atomic mass is 19.4. The average molecular weight is 362 g/mol. The van der Waals surface area contributed by atoms with Crippen molar-refractivity contribution < 1.29 is 22.8 Å². The molecule has 1 aliphatic rings. The van der Waals surface area contributed by atoms with E-state index in [2.05, 4.69) is 5.32 Å². The van der Waals surface area contributed by atoms with Crippen molar-refractivity contribution in [2.75, 3.05) is 16.8 Å². The van der Waals surface area contributed by atoms with E-state index in [0.717, 1.165) is 11.6 Å². The molecule has 1 N–H and O–H groups in total. The highest BCUT2D eigenvalue weighted by Gasteiger charge is 2.37. The molecule has 0 spiro atoms. The molecule has 0 aliphatic carbocycles. The van der Waals surface area contributed by atoms with Gasteiger partial charge < -0.3 is 10.2 Å². The van der Waals surface area contributed by atoms with Crippen LogP contribution in [0, 0.1) is 12.8 Å². The van der Waals surface area contributed by atoms with E-state index in [9.17, 15) is 22.8 Å². The number of amides is 2. The van der Waals surface area contributed by atoms with Crippen LogP contribution in [-0.2, 0) is 15.8 Å². The van der Waals surface area contributed by atoms with Crippen LogP contribution in [0.15, 0.2) is 48.5 Å². The Kier molecular flexibility index (Phi) is 4.71. The molecule has 1 fully saturated rings. The van der Waals surface area contributed by atoms with Crippen molar-refractivity contribution in [3.8, 4) is 0 Å². The first-order chi connectivity index (χ1) is 12.3. The SMILES string of the molecule is Cc1cccc(N2CC(C(=O)Nc3ccccc3C(F)(F)F)CC2=O)c1. The summed E-state index contributed by atoms with van der Waals surface area (Å²) in [7, 11) is 0. The Bertz CT molecular complexity index is 849. The molecule has 0 radical (unpaired) electrons. The summed E-state index contributed by atoms with van der Waals surface area (Å²) in [5.41, 5.74) is 0.447. The van der Waals surface area contributed by atoms with Crippen LogP contribution < -0.4 is 10.2 Å². The zero-order chi connectivity index (χ0) is 18.9. The number of rotatable bonds is 3. The topological polar surface area (TPSA) is 49.4 Å². The largest absolute Gasteiger partial charge is 0.418 e. The normalized spacial score (nSPS) is 17.5. The molecule has 4 nitrogen and oxygen atoms in total. The summed E-state index contributed by atoms with van der Waals surface area (Å²) in [5, 5.41) is 2.33. The third kappa shape index (κ3) is 3.71. The Morgan fingerprint density at radius 2 is 1.88 bits per heavy atom. The molecule has 1 aliphatic heterocycles. The molecule has 0 aromatic heterocycles. The summed E-state index contributed by atoms with van der Waals surface area (Å²) in [6.45, 7) is 2.03. The lowest BCUT2D eigenvalue weighted by molar-refractivity contribution is -0.137. The van der Waals surface area contributed by atoms with E-state index < -0.39 is 23.6 Å². The molecule has 7 heteroatoms. The van der Waals surface area contributed by atoms with Crippen molar-refractivity contribution in [1.82, 2.24) is 0 Å². The van der Waals surface area contributed by atoms with Crippen LogP contribution in [0.5, 0.6) is 0 Å². The van der Waals surface area contributed by atoms with Gasteiger partial charge in [0, 0.05) is 18.7 Å². The van der Waals surface area contributed by atoms with Crippen LogP contribution in [0.4, 0.5) is 24.5 Å². The van der Waals surface area contributed by atoms with Crippen molar-refractivity contribution in [3.05, 3.63) is 59.7 Å². The fraction of sp³-hybridized carbons (Fsp3) is 0.263. The third-order valence-corrected chi connectivity index (χ3v) is 4.30. The van der Waals surface area contributed by atoms with Crippen LogP contribution in [0.1, 0.15) is 17.5 Å². The number of hydrogen-bond donors (Lipinski definition) is 1. The summed E-state index contributed by atoms with van der Waals surface area (Å²) in [5.74, 6) is -1.52. The van der Waals surface area contributed by atoms with Gasteiger partial charge in [-0.25, -0.2) is 0 Å². The van der Waals surface area contributed by atoms with Crippen molar-refractivity contribution in [1.29, 1.82) is 0 Å². The van der Waals surface area contributed by atoms with E-state index in [1.54, 1.807) is 6.07 Å². The Hall–Kier alpha value is -2.83. The molecule has 2 aromatic rings. The molecule has 3 rings (SSSR count). The van der Waals surface area contributed by atoms with E-state index in [1.165, 1.54) is 23.1 Å². The molecule has 0 bridgehead atoms. The van der Waals surface area contributed by atoms with Gasteiger partial charge in [0.25, 0.3) is 0 Å². The van der Waals surface area contributed by atoms with E-state index in [4.69, 9.17) is 0 Å². The van der Waals surface area contributed by atoms with Crippen LogP contribution in [0.2, 0.25) is 0 Å². The molecule has 26 heavy (non-hydrogen) atoms. The third-order valence-electron chi connectivity index (χ3n) is 4.30. The number of hydrogen-bond acceptors (Lipinski definition) is 2. The maximum atomic E-state index is 13.0. The number of alkyl halides is 3. The second-order valence-corrected chi connectivity index (χ2v) is 6.28. The average Bonchev–Trinajstić information content (AvgIpc) is 2.96. The number of benzene rings is 2. The number of anilines is 2. The van der Waals surface area contributed by atoms with Crippen molar-refractivity contribution in [2.45, 2.75) is 19.5 Å². The monoisotopic (exact) mass is 362 g/mol. The number of nitrogens with zero attached hydrogens (tertiary/aromatic N) is 1. The minimum absolute atomic E-state index is 0.0338. The van der Waals surface area contributed by atoms with E-state index in [-0.39, 0.29) is 24.6 Å². The standard InChI is InChI=1S/C19H17F3N2O2/c1-12-5-4-6-14(9-12)24-11-13(10-17(24)25)18(26)23-16-8-3-2-7-15(16)19(20,21)22/h2-9,13H,10-11H2,1H3,(H,23,26). The minimum atomic E-state index is -4.57. The van der Waals surface area contributed by atoms with Gasteiger partial charge in [0.2, 0.25) is 11.8 Å². The smallest absolute Gasteiger partial charge is 0.325 e. The Labute approximate surface area is 148 Å². The molecule has 0 saturated carbocycles. The molecule has 2 amide bonds. The van der Waals surface area contributed by atoms with E-state index in [0.29, 0.717) is 5.69 Å². The zero-order valence-electron chi connectivity index (χ0n) is 14.0. The second kappa shape index (κ2) is 6.82. The summed E-state index contributed by atoms with van der Waals surface area (Å²) in [4.78, 5) is 26.2. The summed E-state index contributed by atoms with van der Waals surface area (Å²) >= 11 is 0. The number of aryl methyl sites for hydroxylation is 1. The van der Waals surface area contributed by atoms with Gasteiger partial charge in [0.15, 0.2) is 0 Å². The molecular weight excluding hydrogens is 345 g/mol. The van der Waals surface area contributed by atoms with E-state index >= 15 is 0 Å². The lowest BCUT2D eigenvalue weighted by Crippen LogP contribution is -2.28. The number of nitrogens with one attached hydrogen (secondary N) is 1. The van der Waals surface area contributed by atoms with Gasteiger partial charge in [-0.05, 0) is 36.8 Å². The molecular formula is C19H17F3N2O2. The number of carbonyl (C=O) groups excluding carboxylic acids is 2. The van der Waals surface area contributed by atoms with Gasteiger partial charge in [-0.15, -0.1) is 0 Å². The lowest BCUT2D eigenvalue weighted by atomic mass is 10.1. The van der Waals surface area contributed by atoms with Crippen molar-refractivity contribution >= 4 is 23.2 Å². The quantitative estimate of drug-likeness (QED) is 0.897. The predicted molar refractivity (Wildman–Crippen MR) is 91.7 cm³/mol. The molecule has 1 heterocycles. The lowest BCUT2D eigenvalue weighted by Gasteiger charge is -2.18. The summed E-state index contributed by atoms with van der Waals surface area (Å²) in [6.07, 6.45) is -4.60. The van der Waals surface area contributed by atoms with Crippen molar-refractivity contribution in [3.63, 3.8) is 0 Å². The van der Waals surface area contributed by atoms with Gasteiger partial charge in [-0.2, -0.15) is 13.2 Å². The molecule has 1 unspecified atom stereocenters. The highest BCUT2D eigenvalue weighted by molar-refractivity contribution is 6.03. The van der Waals surface area contributed by atoms with Crippen LogP contribution >= 0.6 is 0 Å². The van der Waals surface area contributed by atoms with Gasteiger partial charge in [0.05, 0.1) is 17.2 Å². The van der Waals surface area contributed by atoms with Gasteiger partial charge in [-0.3, -0.25) is 9.59 Å². The fourth-order valence-electron chi connectivity index (χ4n) is 3.00. The number of para-hydroxylation sites is 1. The second-order valence-electron chi connectivity index (χ2n) is 6.28. The van der Waals surface area contributed by atoms with Gasteiger partial charge in [-0.1, -0.05) is 24.3 Å². The number of carbonyl (C=O) groups is 2. The van der Waals surface area contributed by atoms with Crippen LogP contribution in [0.25, 0.3) is 0 Å². The Balaban J connectivity index is 1.75. The summed E-state index contributed by atoms with van der Waals surface area (Å²) < 4.78 is 39.1. The first-order valence-corrected chi connectivity index (χ1v) is 8.10. The van der Waals surface area contributed by atoms with Gasteiger partial charge in [0.1, 0.15) is 0 Å². The Morgan fingerprint density at radius 1 is 1.15 bits per heavy atom. The first-order valence-electron chi connectivity index (χ1n) is 8.10.